The lowest BCUT2D eigenvalue weighted by atomic mass is 10.1. The van der Waals surface area contributed by atoms with Crippen LogP contribution < -0.4 is 5.73 Å². The van der Waals surface area contributed by atoms with Crippen molar-refractivity contribution in [2.45, 2.75) is 26.2 Å². The predicted octanol–water partition coefficient (Wildman–Crippen LogP) is 2.15. The fraction of sp³-hybridized carbons (Fsp3) is 0.417. The van der Waals surface area contributed by atoms with Crippen molar-refractivity contribution < 1.29 is 9.53 Å². The Balaban J connectivity index is 2.17. The molecular formula is C12H17NO2. The average molecular weight is 207 g/mol. The van der Waals surface area contributed by atoms with Crippen LogP contribution in [0.15, 0.2) is 24.3 Å². The molecule has 0 aromatic heterocycles. The normalized spacial score (nSPS) is 9.93. The van der Waals surface area contributed by atoms with Crippen molar-refractivity contribution in [1.29, 1.82) is 0 Å². The minimum atomic E-state index is -0.209. The van der Waals surface area contributed by atoms with Crippen LogP contribution in [0.1, 0.15) is 25.3 Å². The largest absolute Gasteiger partial charge is 0.466 e. The van der Waals surface area contributed by atoms with Crippen LogP contribution >= 0.6 is 0 Å². The lowest BCUT2D eigenvalue weighted by Crippen LogP contribution is -2.00. The number of hydrogen-bond acceptors (Lipinski definition) is 3. The molecule has 0 saturated heterocycles. The van der Waals surface area contributed by atoms with Gasteiger partial charge in [0.25, 0.3) is 0 Å². The van der Waals surface area contributed by atoms with Crippen LogP contribution in [-0.2, 0) is 16.0 Å². The average Bonchev–Trinajstić information content (AvgIpc) is 2.17. The van der Waals surface area contributed by atoms with Crippen molar-refractivity contribution in [2.24, 2.45) is 0 Å². The lowest BCUT2D eigenvalue weighted by molar-refractivity contribution is -0.141. The van der Waals surface area contributed by atoms with Crippen LogP contribution in [0, 0.1) is 0 Å². The molecule has 0 aliphatic heterocycles. The van der Waals surface area contributed by atoms with Gasteiger partial charge in [0.1, 0.15) is 0 Å². The zero-order valence-corrected chi connectivity index (χ0v) is 9.03. The third kappa shape index (κ3) is 5.05. The zero-order valence-electron chi connectivity index (χ0n) is 9.03. The number of carbonyl (C=O) groups is 1. The Morgan fingerprint density at radius 1 is 1.40 bits per heavy atom. The number of esters is 1. The highest BCUT2D eigenvalue weighted by Gasteiger charge is 1.96. The summed E-state index contributed by atoms with van der Waals surface area (Å²) in [7, 11) is 0. The third-order valence-corrected chi connectivity index (χ3v) is 2.12. The summed E-state index contributed by atoms with van der Waals surface area (Å²) >= 11 is 0. The summed E-state index contributed by atoms with van der Waals surface area (Å²) in [4.78, 5) is 10.5. The number of anilines is 1. The van der Waals surface area contributed by atoms with Crippen LogP contribution in [0.4, 0.5) is 5.69 Å². The summed E-state index contributed by atoms with van der Waals surface area (Å²) in [5, 5.41) is 0. The van der Waals surface area contributed by atoms with Crippen molar-refractivity contribution in [2.75, 3.05) is 12.3 Å². The molecule has 82 valence electrons. The van der Waals surface area contributed by atoms with E-state index in [-0.39, 0.29) is 5.97 Å². The fourth-order valence-corrected chi connectivity index (χ4v) is 1.40. The van der Waals surface area contributed by atoms with Gasteiger partial charge in [0.05, 0.1) is 6.61 Å². The number of carbonyl (C=O) groups excluding carboxylic acids is 1. The molecule has 1 rings (SSSR count). The molecule has 0 unspecified atom stereocenters. The van der Waals surface area contributed by atoms with Crippen LogP contribution in [0.2, 0.25) is 0 Å². The molecular weight excluding hydrogens is 190 g/mol. The molecule has 0 amide bonds. The van der Waals surface area contributed by atoms with E-state index in [1.54, 1.807) is 0 Å². The smallest absolute Gasteiger partial charge is 0.302 e. The summed E-state index contributed by atoms with van der Waals surface area (Å²) in [6, 6.07) is 7.87. The monoisotopic (exact) mass is 207 g/mol. The van der Waals surface area contributed by atoms with E-state index in [0.29, 0.717) is 6.61 Å². The molecule has 15 heavy (non-hydrogen) atoms. The minimum absolute atomic E-state index is 0.209. The van der Waals surface area contributed by atoms with E-state index in [9.17, 15) is 4.79 Å². The third-order valence-electron chi connectivity index (χ3n) is 2.12. The van der Waals surface area contributed by atoms with Crippen molar-refractivity contribution >= 4 is 11.7 Å². The molecule has 0 radical (unpaired) electrons. The molecule has 0 aliphatic rings. The van der Waals surface area contributed by atoms with E-state index in [1.165, 1.54) is 12.5 Å². The second-order valence-electron chi connectivity index (χ2n) is 3.54. The van der Waals surface area contributed by atoms with Crippen LogP contribution in [0.3, 0.4) is 0 Å². The van der Waals surface area contributed by atoms with Gasteiger partial charge in [-0.1, -0.05) is 12.1 Å². The highest BCUT2D eigenvalue weighted by molar-refractivity contribution is 5.65. The van der Waals surface area contributed by atoms with E-state index in [2.05, 4.69) is 6.07 Å². The van der Waals surface area contributed by atoms with Gasteiger partial charge < -0.3 is 10.5 Å². The summed E-state index contributed by atoms with van der Waals surface area (Å²) in [5.74, 6) is -0.209. The molecule has 0 aliphatic carbocycles. The van der Waals surface area contributed by atoms with Crippen molar-refractivity contribution in [3.63, 3.8) is 0 Å². The van der Waals surface area contributed by atoms with E-state index >= 15 is 0 Å². The quantitative estimate of drug-likeness (QED) is 0.457. The van der Waals surface area contributed by atoms with Gasteiger partial charge in [-0.3, -0.25) is 4.79 Å². The maximum absolute atomic E-state index is 10.5. The second kappa shape index (κ2) is 6.06. The Kier molecular flexibility index (Phi) is 4.68. The van der Waals surface area contributed by atoms with E-state index in [1.807, 2.05) is 18.2 Å². The number of benzene rings is 1. The van der Waals surface area contributed by atoms with Gasteiger partial charge in [-0.15, -0.1) is 0 Å². The molecule has 2 N–H and O–H groups in total. The van der Waals surface area contributed by atoms with E-state index in [4.69, 9.17) is 10.5 Å². The molecule has 0 bridgehead atoms. The predicted molar refractivity (Wildman–Crippen MR) is 60.4 cm³/mol. The zero-order chi connectivity index (χ0) is 11.1. The Hall–Kier alpha value is -1.51. The molecule has 0 fully saturated rings. The molecule has 3 heteroatoms. The first-order valence-corrected chi connectivity index (χ1v) is 5.16. The number of ether oxygens (including phenoxy) is 1. The van der Waals surface area contributed by atoms with Crippen molar-refractivity contribution in [3.05, 3.63) is 29.8 Å². The SMILES string of the molecule is CC(=O)OCCCCc1cccc(N)c1. The number of unbranched alkanes of at least 4 members (excludes halogenated alkanes) is 1. The Morgan fingerprint density at radius 3 is 2.87 bits per heavy atom. The van der Waals surface area contributed by atoms with Crippen molar-refractivity contribution in [3.8, 4) is 0 Å². The number of rotatable bonds is 5. The maximum Gasteiger partial charge on any atom is 0.302 e. The topological polar surface area (TPSA) is 52.3 Å². The molecule has 1 aromatic carbocycles. The molecule has 0 spiro atoms. The van der Waals surface area contributed by atoms with Gasteiger partial charge in [0.15, 0.2) is 0 Å². The summed E-state index contributed by atoms with van der Waals surface area (Å²) in [5.41, 5.74) is 7.69. The van der Waals surface area contributed by atoms with Crippen molar-refractivity contribution in [1.82, 2.24) is 0 Å². The molecule has 0 saturated carbocycles. The standard InChI is InChI=1S/C12H17NO2/c1-10(14)15-8-3-2-5-11-6-4-7-12(13)9-11/h4,6-7,9H,2-3,5,8,13H2,1H3. The Morgan fingerprint density at radius 2 is 2.20 bits per heavy atom. The number of aryl methyl sites for hydroxylation is 1. The highest BCUT2D eigenvalue weighted by atomic mass is 16.5. The van der Waals surface area contributed by atoms with E-state index in [0.717, 1.165) is 24.9 Å². The first-order valence-electron chi connectivity index (χ1n) is 5.16. The fourth-order valence-electron chi connectivity index (χ4n) is 1.40. The number of hydrogen-bond donors (Lipinski definition) is 1. The molecule has 0 atom stereocenters. The van der Waals surface area contributed by atoms with Gasteiger partial charge >= 0.3 is 5.97 Å². The lowest BCUT2D eigenvalue weighted by Gasteiger charge is -2.03. The Bertz CT molecular complexity index is 323. The molecule has 3 nitrogen and oxygen atoms in total. The molecule has 0 heterocycles. The van der Waals surface area contributed by atoms with Crippen LogP contribution in [0.5, 0.6) is 0 Å². The van der Waals surface area contributed by atoms with E-state index < -0.39 is 0 Å². The van der Waals surface area contributed by atoms with Gasteiger partial charge in [-0.2, -0.15) is 0 Å². The summed E-state index contributed by atoms with van der Waals surface area (Å²) in [6.45, 7) is 1.94. The Labute approximate surface area is 90.2 Å². The minimum Gasteiger partial charge on any atom is -0.466 e. The highest BCUT2D eigenvalue weighted by Crippen LogP contribution is 2.09. The first kappa shape index (κ1) is 11.6. The van der Waals surface area contributed by atoms with Gasteiger partial charge in [0.2, 0.25) is 0 Å². The molecule has 1 aromatic rings. The maximum atomic E-state index is 10.5. The van der Waals surface area contributed by atoms with Crippen LogP contribution in [-0.4, -0.2) is 12.6 Å². The second-order valence-corrected chi connectivity index (χ2v) is 3.54. The number of nitrogen functional groups attached to an aromatic ring is 1. The van der Waals surface area contributed by atoms with Crippen LogP contribution in [0.25, 0.3) is 0 Å². The van der Waals surface area contributed by atoms with Gasteiger partial charge in [-0.05, 0) is 37.0 Å². The summed E-state index contributed by atoms with van der Waals surface area (Å²) in [6.07, 6.45) is 2.89. The summed E-state index contributed by atoms with van der Waals surface area (Å²) < 4.78 is 4.84. The number of nitrogens with two attached hydrogens (primary N) is 1. The van der Waals surface area contributed by atoms with Gasteiger partial charge in [-0.25, -0.2) is 0 Å². The first-order chi connectivity index (χ1) is 7.18. The van der Waals surface area contributed by atoms with Gasteiger partial charge in [0, 0.05) is 12.6 Å².